The van der Waals surface area contributed by atoms with Gasteiger partial charge in [0.2, 0.25) is 0 Å². The molecule has 16 heavy (non-hydrogen) atoms. The molecule has 86 valence electrons. The Labute approximate surface area is 97.3 Å². The highest BCUT2D eigenvalue weighted by Gasteiger charge is 2.15. The van der Waals surface area contributed by atoms with Crippen LogP contribution in [0.4, 0.5) is 0 Å². The van der Waals surface area contributed by atoms with Gasteiger partial charge in [-0.3, -0.25) is 4.79 Å². The normalized spacial score (nSPS) is 17.7. The molecule has 1 aliphatic rings. The van der Waals surface area contributed by atoms with Gasteiger partial charge in [0, 0.05) is 32.5 Å². The third-order valence-corrected chi connectivity index (χ3v) is 3.37. The van der Waals surface area contributed by atoms with Crippen molar-refractivity contribution in [2.75, 3.05) is 19.6 Å². The number of likely N-dealkylation sites (tertiary alicyclic amines) is 1. The van der Waals surface area contributed by atoms with Crippen molar-refractivity contribution in [3.05, 3.63) is 35.4 Å². The molecule has 2 nitrogen and oxygen atoms in total. The van der Waals surface area contributed by atoms with Crippen LogP contribution in [0.1, 0.15) is 24.0 Å². The third-order valence-electron chi connectivity index (χ3n) is 3.37. The van der Waals surface area contributed by atoms with E-state index in [1.54, 1.807) is 0 Å². The Kier molecular flexibility index (Phi) is 3.73. The van der Waals surface area contributed by atoms with Crippen molar-refractivity contribution in [1.82, 2.24) is 4.90 Å². The van der Waals surface area contributed by atoms with Crippen molar-refractivity contribution < 1.29 is 4.79 Å². The highest BCUT2D eigenvalue weighted by Crippen LogP contribution is 2.11. The van der Waals surface area contributed by atoms with E-state index in [4.69, 9.17) is 0 Å². The number of piperidine rings is 1. The fourth-order valence-electron chi connectivity index (χ4n) is 2.20. The van der Waals surface area contributed by atoms with E-state index in [0.717, 1.165) is 38.9 Å². The van der Waals surface area contributed by atoms with Crippen molar-refractivity contribution in [2.45, 2.75) is 26.2 Å². The Morgan fingerprint density at radius 3 is 2.56 bits per heavy atom. The number of hydrogen-bond donors (Lipinski definition) is 0. The summed E-state index contributed by atoms with van der Waals surface area (Å²) in [5.41, 5.74) is 2.80. The molecule has 0 aromatic heterocycles. The Balaban J connectivity index is 1.84. The van der Waals surface area contributed by atoms with Gasteiger partial charge >= 0.3 is 0 Å². The topological polar surface area (TPSA) is 20.3 Å². The van der Waals surface area contributed by atoms with Crippen molar-refractivity contribution >= 4 is 5.78 Å². The van der Waals surface area contributed by atoms with Gasteiger partial charge in [-0.05, 0) is 24.5 Å². The van der Waals surface area contributed by atoms with Gasteiger partial charge in [-0.15, -0.1) is 0 Å². The summed E-state index contributed by atoms with van der Waals surface area (Å²) in [5, 5.41) is 0. The second-order valence-electron chi connectivity index (χ2n) is 4.56. The molecule has 0 radical (unpaired) electrons. The first-order chi connectivity index (χ1) is 7.75. The molecular formula is C14H19NO. The van der Waals surface area contributed by atoms with Crippen molar-refractivity contribution in [2.24, 2.45) is 0 Å². The fraction of sp³-hybridized carbons (Fsp3) is 0.500. The molecule has 0 amide bonds. The minimum absolute atomic E-state index is 0.423. The van der Waals surface area contributed by atoms with Gasteiger partial charge < -0.3 is 4.90 Å². The lowest BCUT2D eigenvalue weighted by Gasteiger charge is -2.25. The number of nitrogens with zero attached hydrogens (tertiary/aromatic N) is 1. The molecule has 0 saturated carbocycles. The lowest BCUT2D eigenvalue weighted by atomic mass is 10.0. The fourth-order valence-corrected chi connectivity index (χ4v) is 2.20. The molecule has 1 aromatic carbocycles. The quantitative estimate of drug-likeness (QED) is 0.773. The summed E-state index contributed by atoms with van der Waals surface area (Å²) in [5.74, 6) is 0.423. The van der Waals surface area contributed by atoms with Gasteiger partial charge in [0.25, 0.3) is 0 Å². The predicted octanol–water partition coefficient (Wildman–Crippen LogP) is 2.20. The summed E-state index contributed by atoms with van der Waals surface area (Å²) in [6, 6.07) is 8.54. The maximum Gasteiger partial charge on any atom is 0.135 e. The largest absolute Gasteiger partial charge is 0.302 e. The average Bonchev–Trinajstić information content (AvgIpc) is 2.30. The summed E-state index contributed by atoms with van der Waals surface area (Å²) in [7, 11) is 0. The maximum atomic E-state index is 11.1. The number of benzene rings is 1. The predicted molar refractivity (Wildman–Crippen MR) is 65.6 cm³/mol. The number of aryl methyl sites for hydroxylation is 1. The molecule has 2 rings (SSSR count). The SMILES string of the molecule is Cc1ccccc1CCN1CCC(=O)CC1. The second kappa shape index (κ2) is 5.26. The molecule has 1 aromatic rings. The number of ketones is 1. The summed E-state index contributed by atoms with van der Waals surface area (Å²) in [4.78, 5) is 13.5. The van der Waals surface area contributed by atoms with Crippen molar-refractivity contribution in [3.8, 4) is 0 Å². The van der Waals surface area contributed by atoms with E-state index in [0.29, 0.717) is 5.78 Å². The lowest BCUT2D eigenvalue weighted by molar-refractivity contribution is -0.121. The molecule has 1 heterocycles. The monoisotopic (exact) mass is 217 g/mol. The molecule has 0 N–H and O–H groups in total. The van der Waals surface area contributed by atoms with Crippen LogP contribution in [0.25, 0.3) is 0 Å². The Morgan fingerprint density at radius 1 is 1.19 bits per heavy atom. The molecule has 2 heteroatoms. The van der Waals surface area contributed by atoms with Crippen LogP contribution in [0.2, 0.25) is 0 Å². The summed E-state index contributed by atoms with van der Waals surface area (Å²) >= 11 is 0. The van der Waals surface area contributed by atoms with Crippen LogP contribution < -0.4 is 0 Å². The molecule has 0 spiro atoms. The standard InChI is InChI=1S/C14H19NO/c1-12-4-2-3-5-13(12)6-9-15-10-7-14(16)8-11-15/h2-5H,6-11H2,1H3. The minimum Gasteiger partial charge on any atom is -0.302 e. The second-order valence-corrected chi connectivity index (χ2v) is 4.56. The van der Waals surface area contributed by atoms with Crippen molar-refractivity contribution in [1.29, 1.82) is 0 Å². The zero-order valence-corrected chi connectivity index (χ0v) is 9.91. The van der Waals surface area contributed by atoms with E-state index < -0.39 is 0 Å². The van der Waals surface area contributed by atoms with Crippen molar-refractivity contribution in [3.63, 3.8) is 0 Å². The highest BCUT2D eigenvalue weighted by atomic mass is 16.1. The minimum atomic E-state index is 0.423. The zero-order valence-electron chi connectivity index (χ0n) is 9.91. The van der Waals surface area contributed by atoms with Gasteiger partial charge in [0.05, 0.1) is 0 Å². The summed E-state index contributed by atoms with van der Waals surface area (Å²) in [6.45, 7) is 5.14. The smallest absolute Gasteiger partial charge is 0.135 e. The molecule has 0 atom stereocenters. The van der Waals surface area contributed by atoms with Crippen LogP contribution in [0.5, 0.6) is 0 Å². The average molecular weight is 217 g/mol. The van der Waals surface area contributed by atoms with Gasteiger partial charge in [0.15, 0.2) is 0 Å². The number of carbonyl (C=O) groups excluding carboxylic acids is 1. The number of hydrogen-bond acceptors (Lipinski definition) is 2. The van der Waals surface area contributed by atoms with Gasteiger partial charge in [-0.2, -0.15) is 0 Å². The van der Waals surface area contributed by atoms with Crippen LogP contribution in [-0.2, 0) is 11.2 Å². The Hall–Kier alpha value is -1.15. The van der Waals surface area contributed by atoms with Crippen LogP contribution in [-0.4, -0.2) is 30.3 Å². The molecule has 0 unspecified atom stereocenters. The Morgan fingerprint density at radius 2 is 1.88 bits per heavy atom. The lowest BCUT2D eigenvalue weighted by Crippen LogP contribution is -2.35. The van der Waals surface area contributed by atoms with E-state index in [2.05, 4.69) is 36.1 Å². The van der Waals surface area contributed by atoms with Gasteiger partial charge in [-0.25, -0.2) is 0 Å². The first-order valence-corrected chi connectivity index (χ1v) is 6.04. The molecular weight excluding hydrogens is 198 g/mol. The van der Waals surface area contributed by atoms with E-state index in [1.165, 1.54) is 11.1 Å². The maximum absolute atomic E-state index is 11.1. The molecule has 0 aliphatic carbocycles. The first-order valence-electron chi connectivity index (χ1n) is 6.04. The number of rotatable bonds is 3. The third kappa shape index (κ3) is 2.92. The van der Waals surface area contributed by atoms with Gasteiger partial charge in [0.1, 0.15) is 5.78 Å². The molecule has 1 fully saturated rings. The van der Waals surface area contributed by atoms with E-state index in [1.807, 2.05) is 0 Å². The summed E-state index contributed by atoms with van der Waals surface area (Å²) in [6.07, 6.45) is 2.59. The first kappa shape index (κ1) is 11.3. The Bertz CT molecular complexity index is 363. The number of carbonyl (C=O) groups is 1. The zero-order chi connectivity index (χ0) is 11.4. The van der Waals surface area contributed by atoms with Crippen LogP contribution in [0, 0.1) is 6.92 Å². The molecule has 1 saturated heterocycles. The highest BCUT2D eigenvalue weighted by molar-refractivity contribution is 5.79. The molecule has 0 bridgehead atoms. The van der Waals surface area contributed by atoms with E-state index >= 15 is 0 Å². The van der Waals surface area contributed by atoms with Crippen LogP contribution in [0.3, 0.4) is 0 Å². The number of Topliss-reactive ketones (excluding diaryl/α,β-unsaturated/α-hetero) is 1. The van der Waals surface area contributed by atoms with E-state index in [9.17, 15) is 4.79 Å². The molecule has 1 aliphatic heterocycles. The van der Waals surface area contributed by atoms with Gasteiger partial charge in [-0.1, -0.05) is 24.3 Å². The summed E-state index contributed by atoms with van der Waals surface area (Å²) < 4.78 is 0. The van der Waals surface area contributed by atoms with E-state index in [-0.39, 0.29) is 0 Å². The van der Waals surface area contributed by atoms with Crippen LogP contribution >= 0.6 is 0 Å². The van der Waals surface area contributed by atoms with Crippen LogP contribution in [0.15, 0.2) is 24.3 Å².